The minimum atomic E-state index is -3.21. The van der Waals surface area contributed by atoms with E-state index in [1.54, 1.807) is 0 Å². The highest BCUT2D eigenvalue weighted by Crippen LogP contribution is 2.25. The van der Waals surface area contributed by atoms with Gasteiger partial charge in [0.2, 0.25) is 10.0 Å². The lowest BCUT2D eigenvalue weighted by Gasteiger charge is -2.32. The van der Waals surface area contributed by atoms with Gasteiger partial charge in [-0.15, -0.1) is 0 Å². The minimum absolute atomic E-state index is 0.142. The Bertz CT molecular complexity index is 327. The first-order valence-electron chi connectivity index (χ1n) is 6.48. The first-order valence-corrected chi connectivity index (χ1v) is 8.03. The van der Waals surface area contributed by atoms with Crippen molar-refractivity contribution in [3.8, 4) is 0 Å². The molecule has 0 radical (unpaired) electrons. The fourth-order valence-corrected chi connectivity index (χ4v) is 4.24. The highest BCUT2D eigenvalue weighted by Gasteiger charge is 2.33. The Labute approximate surface area is 105 Å². The Morgan fingerprint density at radius 1 is 1.24 bits per heavy atom. The lowest BCUT2D eigenvalue weighted by Crippen LogP contribution is -2.51. The van der Waals surface area contributed by atoms with Gasteiger partial charge in [0, 0.05) is 12.6 Å². The van der Waals surface area contributed by atoms with Gasteiger partial charge in [0.05, 0.1) is 5.25 Å². The van der Waals surface area contributed by atoms with Crippen molar-refractivity contribution in [1.82, 2.24) is 4.72 Å². The number of sulfonamides is 1. The molecule has 0 aromatic carbocycles. The van der Waals surface area contributed by atoms with E-state index in [-0.39, 0.29) is 16.7 Å². The van der Waals surface area contributed by atoms with Crippen LogP contribution in [0.2, 0.25) is 0 Å². The van der Waals surface area contributed by atoms with E-state index < -0.39 is 10.0 Å². The molecule has 17 heavy (non-hydrogen) atoms. The van der Waals surface area contributed by atoms with E-state index in [9.17, 15) is 8.42 Å². The molecular weight excluding hydrogens is 236 g/mol. The topological polar surface area (TPSA) is 72.2 Å². The molecule has 3 N–H and O–H groups in total. The summed E-state index contributed by atoms with van der Waals surface area (Å²) in [6.07, 6.45) is 4.78. The van der Waals surface area contributed by atoms with Crippen LogP contribution in [0.15, 0.2) is 0 Å². The van der Waals surface area contributed by atoms with Crippen LogP contribution in [0.5, 0.6) is 0 Å². The zero-order valence-corrected chi connectivity index (χ0v) is 12.0. The molecule has 0 heterocycles. The van der Waals surface area contributed by atoms with Gasteiger partial charge in [-0.1, -0.05) is 40.0 Å². The van der Waals surface area contributed by atoms with Gasteiger partial charge in [0.25, 0.3) is 0 Å². The van der Waals surface area contributed by atoms with E-state index in [0.717, 1.165) is 32.1 Å². The predicted octanol–water partition coefficient (Wildman–Crippen LogP) is 1.61. The van der Waals surface area contributed by atoms with Crippen LogP contribution in [-0.2, 0) is 10.0 Å². The van der Waals surface area contributed by atoms with Gasteiger partial charge in [0.15, 0.2) is 0 Å². The Hall–Kier alpha value is -0.130. The average Bonchev–Trinajstić information content (AvgIpc) is 2.25. The van der Waals surface area contributed by atoms with Gasteiger partial charge in [-0.2, -0.15) is 0 Å². The van der Waals surface area contributed by atoms with Gasteiger partial charge in [-0.05, 0) is 18.3 Å². The second-order valence-electron chi connectivity index (χ2n) is 6.08. The lowest BCUT2D eigenvalue weighted by molar-refractivity contribution is 0.302. The lowest BCUT2D eigenvalue weighted by atomic mass is 9.88. The van der Waals surface area contributed by atoms with Crippen LogP contribution >= 0.6 is 0 Å². The molecule has 1 saturated carbocycles. The van der Waals surface area contributed by atoms with E-state index >= 15 is 0 Å². The van der Waals surface area contributed by atoms with Crippen LogP contribution in [0.1, 0.15) is 52.9 Å². The van der Waals surface area contributed by atoms with Crippen molar-refractivity contribution < 1.29 is 8.42 Å². The fraction of sp³-hybridized carbons (Fsp3) is 1.00. The Balaban J connectivity index is 2.70. The van der Waals surface area contributed by atoms with Crippen LogP contribution in [0.25, 0.3) is 0 Å². The molecule has 1 aliphatic carbocycles. The Morgan fingerprint density at radius 2 is 1.76 bits per heavy atom. The summed E-state index contributed by atoms with van der Waals surface area (Å²) in [7, 11) is -3.21. The number of rotatable bonds is 4. The van der Waals surface area contributed by atoms with E-state index in [1.165, 1.54) is 0 Å². The summed E-state index contributed by atoms with van der Waals surface area (Å²) in [6.45, 7) is 6.37. The molecule has 1 rings (SSSR count). The van der Waals surface area contributed by atoms with Crippen molar-refractivity contribution in [1.29, 1.82) is 0 Å². The number of nitrogens with two attached hydrogens (primary N) is 1. The van der Waals surface area contributed by atoms with Gasteiger partial charge in [-0.3, -0.25) is 0 Å². The molecule has 5 heteroatoms. The molecule has 0 saturated heterocycles. The summed E-state index contributed by atoms with van der Waals surface area (Å²) in [4.78, 5) is 0. The number of hydrogen-bond donors (Lipinski definition) is 2. The summed E-state index contributed by atoms with van der Waals surface area (Å²) in [5.41, 5.74) is 5.53. The summed E-state index contributed by atoms with van der Waals surface area (Å²) in [5.74, 6) is 0. The second kappa shape index (κ2) is 5.67. The zero-order valence-electron chi connectivity index (χ0n) is 11.2. The van der Waals surface area contributed by atoms with Crippen LogP contribution in [0.3, 0.4) is 0 Å². The molecule has 0 spiro atoms. The first-order chi connectivity index (χ1) is 7.77. The summed E-state index contributed by atoms with van der Waals surface area (Å²) >= 11 is 0. The van der Waals surface area contributed by atoms with Crippen molar-refractivity contribution in [2.24, 2.45) is 11.1 Å². The maximum Gasteiger partial charge on any atom is 0.214 e. The van der Waals surface area contributed by atoms with Crippen molar-refractivity contribution in [2.45, 2.75) is 64.2 Å². The Morgan fingerprint density at radius 3 is 2.18 bits per heavy atom. The number of hydrogen-bond acceptors (Lipinski definition) is 3. The third-order valence-corrected chi connectivity index (χ3v) is 5.54. The monoisotopic (exact) mass is 262 g/mol. The molecule has 4 nitrogen and oxygen atoms in total. The van der Waals surface area contributed by atoms with E-state index in [2.05, 4.69) is 4.72 Å². The van der Waals surface area contributed by atoms with E-state index in [4.69, 9.17) is 5.73 Å². The Kier molecular flexibility index (Phi) is 4.98. The molecule has 0 aliphatic heterocycles. The molecule has 1 fully saturated rings. The molecule has 0 aromatic rings. The summed E-state index contributed by atoms with van der Waals surface area (Å²) in [6, 6.07) is -0.186. The minimum Gasteiger partial charge on any atom is -0.329 e. The predicted molar refractivity (Wildman–Crippen MR) is 71.2 cm³/mol. The SMILES string of the molecule is CC(C)(C)C(CN)NS(=O)(=O)C1CCCCC1. The highest BCUT2D eigenvalue weighted by atomic mass is 32.2. The molecule has 1 unspecified atom stereocenters. The molecule has 0 amide bonds. The highest BCUT2D eigenvalue weighted by molar-refractivity contribution is 7.90. The van der Waals surface area contributed by atoms with Gasteiger partial charge >= 0.3 is 0 Å². The zero-order chi connectivity index (χ0) is 13.1. The summed E-state index contributed by atoms with van der Waals surface area (Å²) < 4.78 is 27.3. The molecule has 1 atom stereocenters. The third-order valence-electron chi connectivity index (χ3n) is 3.58. The molecule has 0 bridgehead atoms. The van der Waals surface area contributed by atoms with Crippen molar-refractivity contribution in [3.05, 3.63) is 0 Å². The van der Waals surface area contributed by atoms with Crippen molar-refractivity contribution in [2.75, 3.05) is 6.54 Å². The standard InChI is InChI=1S/C12H26N2O2S/c1-12(2,3)11(9-13)14-17(15,16)10-7-5-4-6-8-10/h10-11,14H,4-9,13H2,1-3H3. The summed E-state index contributed by atoms with van der Waals surface area (Å²) in [5, 5.41) is -0.215. The third kappa shape index (κ3) is 4.23. The van der Waals surface area contributed by atoms with E-state index in [0.29, 0.717) is 6.54 Å². The molecule has 1 aliphatic rings. The average molecular weight is 262 g/mol. The van der Waals surface area contributed by atoms with E-state index in [1.807, 2.05) is 20.8 Å². The molecule has 102 valence electrons. The quantitative estimate of drug-likeness (QED) is 0.808. The largest absolute Gasteiger partial charge is 0.329 e. The first kappa shape index (κ1) is 14.9. The fourth-order valence-electron chi connectivity index (χ4n) is 2.25. The smallest absolute Gasteiger partial charge is 0.214 e. The van der Waals surface area contributed by atoms with Crippen molar-refractivity contribution >= 4 is 10.0 Å². The van der Waals surface area contributed by atoms with Gasteiger partial charge in [-0.25, -0.2) is 13.1 Å². The van der Waals surface area contributed by atoms with Crippen LogP contribution in [0, 0.1) is 5.41 Å². The second-order valence-corrected chi connectivity index (χ2v) is 8.07. The maximum absolute atomic E-state index is 12.2. The molecule has 0 aromatic heterocycles. The normalized spacial score (nSPS) is 21.4. The molecular formula is C12H26N2O2S. The number of nitrogens with one attached hydrogen (secondary N) is 1. The van der Waals surface area contributed by atoms with Gasteiger partial charge in [0.1, 0.15) is 0 Å². The van der Waals surface area contributed by atoms with Crippen LogP contribution < -0.4 is 10.5 Å². The van der Waals surface area contributed by atoms with Crippen molar-refractivity contribution in [3.63, 3.8) is 0 Å². The van der Waals surface area contributed by atoms with Crippen LogP contribution in [-0.4, -0.2) is 26.3 Å². The van der Waals surface area contributed by atoms with Gasteiger partial charge < -0.3 is 5.73 Å². The maximum atomic E-state index is 12.2. The van der Waals surface area contributed by atoms with Crippen LogP contribution in [0.4, 0.5) is 0 Å².